The van der Waals surface area contributed by atoms with Gasteiger partial charge in [-0.2, -0.15) is 0 Å². The van der Waals surface area contributed by atoms with Crippen LogP contribution in [0.2, 0.25) is 0 Å². The molecule has 0 saturated heterocycles. The van der Waals surface area contributed by atoms with Gasteiger partial charge in [0, 0.05) is 16.5 Å². The molecule has 0 saturated carbocycles. The lowest BCUT2D eigenvalue weighted by molar-refractivity contribution is 0.606. The molecule has 0 aliphatic heterocycles. The molecule has 1 heterocycles. The second-order valence-corrected chi connectivity index (χ2v) is 11.5. The Morgan fingerprint density at radius 2 is 1.20 bits per heavy atom. The average molecular weight is 566 g/mol. The van der Waals surface area contributed by atoms with Gasteiger partial charge in [-0.05, 0) is 63.8 Å². The van der Waals surface area contributed by atoms with Crippen LogP contribution in [0.5, 0.6) is 0 Å². The molecule has 0 radical (unpaired) electrons. The summed E-state index contributed by atoms with van der Waals surface area (Å²) in [4.78, 5) is 14.3. The molecular formula is C41H31N3. The molecule has 0 N–H and O–H groups in total. The largest absolute Gasteiger partial charge is 0.217 e. The van der Waals surface area contributed by atoms with E-state index in [2.05, 4.69) is 151 Å². The van der Waals surface area contributed by atoms with Crippen LogP contribution in [0.1, 0.15) is 40.7 Å². The van der Waals surface area contributed by atoms with E-state index in [0.29, 0.717) is 11.6 Å². The molecule has 5 aromatic carbocycles. The maximum atomic E-state index is 5.04. The second-order valence-electron chi connectivity index (χ2n) is 11.5. The lowest BCUT2D eigenvalue weighted by Gasteiger charge is -2.42. The van der Waals surface area contributed by atoms with E-state index in [4.69, 9.17) is 9.97 Å². The minimum absolute atomic E-state index is 0.320. The highest BCUT2D eigenvalue weighted by atomic mass is 15.0. The van der Waals surface area contributed by atoms with Crippen molar-refractivity contribution in [1.82, 2.24) is 15.0 Å². The Labute approximate surface area is 258 Å². The summed E-state index contributed by atoms with van der Waals surface area (Å²) in [6, 6.07) is 45.8. The molecule has 8 rings (SSSR count). The highest BCUT2D eigenvalue weighted by Crippen LogP contribution is 2.52. The Morgan fingerprint density at radius 1 is 0.545 bits per heavy atom. The Kier molecular flexibility index (Phi) is 6.57. The second kappa shape index (κ2) is 11.0. The fourth-order valence-electron chi connectivity index (χ4n) is 7.04. The van der Waals surface area contributed by atoms with Gasteiger partial charge in [-0.15, -0.1) is 0 Å². The fraction of sp³-hybridized carbons (Fsp3) is 0.0976. The van der Waals surface area contributed by atoms with E-state index in [1.54, 1.807) is 6.33 Å². The number of hydrogen-bond donors (Lipinski definition) is 0. The van der Waals surface area contributed by atoms with Crippen molar-refractivity contribution < 1.29 is 0 Å². The lowest BCUT2D eigenvalue weighted by Crippen LogP contribution is -2.35. The number of allylic oxidation sites excluding steroid dienone is 4. The molecule has 0 unspecified atom stereocenters. The molecule has 0 bridgehead atoms. The summed E-state index contributed by atoms with van der Waals surface area (Å²) in [5.41, 5.74) is 11.8. The number of benzene rings is 5. The highest BCUT2D eigenvalue weighted by Gasteiger charge is 2.42. The molecule has 210 valence electrons. The van der Waals surface area contributed by atoms with Gasteiger partial charge in [-0.1, -0.05) is 146 Å². The molecule has 3 nitrogen and oxygen atoms in total. The molecular weight excluding hydrogens is 534 g/mol. The third kappa shape index (κ3) is 4.40. The molecule has 6 aromatic rings. The van der Waals surface area contributed by atoms with Crippen LogP contribution >= 0.6 is 0 Å². The Morgan fingerprint density at radius 3 is 1.93 bits per heavy atom. The van der Waals surface area contributed by atoms with E-state index in [-0.39, 0.29) is 5.41 Å². The van der Waals surface area contributed by atoms with Crippen molar-refractivity contribution in [2.24, 2.45) is 0 Å². The van der Waals surface area contributed by atoms with Crippen molar-refractivity contribution in [2.45, 2.75) is 24.7 Å². The summed E-state index contributed by atoms with van der Waals surface area (Å²) in [7, 11) is 0. The predicted molar refractivity (Wildman–Crippen MR) is 179 cm³/mol. The molecule has 0 amide bonds. The fourth-order valence-corrected chi connectivity index (χ4v) is 7.04. The van der Waals surface area contributed by atoms with Crippen LogP contribution < -0.4 is 0 Å². The smallest absolute Gasteiger partial charge is 0.164 e. The van der Waals surface area contributed by atoms with E-state index in [1.165, 1.54) is 44.5 Å². The van der Waals surface area contributed by atoms with Crippen LogP contribution in [0, 0.1) is 0 Å². The summed E-state index contributed by atoms with van der Waals surface area (Å²) in [6.07, 6.45) is 11.4. The zero-order valence-corrected chi connectivity index (χ0v) is 24.4. The standard InChI is InChI=1S/C41H31N3/c1-4-13-29(14-5-1)30-23-25-31(26-24-30)39-42-28-43-40(44-39)36-21-12-15-32-27-41(33-16-6-2-7-17-33,34-18-8-3-9-19-34)37-22-11-10-20-35(37)38(32)36/h2-4,6-26,28H,1,5,27H2. The first-order valence-corrected chi connectivity index (χ1v) is 15.3. The molecule has 3 heteroatoms. The van der Waals surface area contributed by atoms with E-state index < -0.39 is 0 Å². The first-order chi connectivity index (χ1) is 21.8. The minimum Gasteiger partial charge on any atom is -0.217 e. The topological polar surface area (TPSA) is 38.7 Å². The van der Waals surface area contributed by atoms with Gasteiger partial charge >= 0.3 is 0 Å². The molecule has 2 aliphatic rings. The number of hydrogen-bond acceptors (Lipinski definition) is 3. The van der Waals surface area contributed by atoms with Gasteiger partial charge in [0.05, 0.1) is 0 Å². The highest BCUT2D eigenvalue weighted by molar-refractivity contribution is 5.89. The average Bonchev–Trinajstić information content (AvgIpc) is 3.12. The normalized spacial score (nSPS) is 14.8. The van der Waals surface area contributed by atoms with E-state index in [0.717, 1.165) is 30.4 Å². The van der Waals surface area contributed by atoms with Gasteiger partial charge in [-0.3, -0.25) is 0 Å². The van der Waals surface area contributed by atoms with Gasteiger partial charge < -0.3 is 0 Å². The van der Waals surface area contributed by atoms with Crippen molar-refractivity contribution in [2.75, 3.05) is 0 Å². The SMILES string of the molecule is C1=CC(c2ccc(-c3ncnc(-c4cccc5c4-c4ccccc4C(c4ccccc4)(c4ccccc4)C5)n3)cc2)=CCC1. The summed E-state index contributed by atoms with van der Waals surface area (Å²) < 4.78 is 0. The number of aromatic nitrogens is 3. The molecule has 44 heavy (non-hydrogen) atoms. The number of fused-ring (bicyclic) bond motifs is 3. The predicted octanol–water partition coefficient (Wildman–Crippen LogP) is 9.50. The van der Waals surface area contributed by atoms with Crippen LogP contribution in [0.15, 0.2) is 152 Å². The first-order valence-electron chi connectivity index (χ1n) is 15.3. The Bertz CT molecular complexity index is 1980. The Hall–Kier alpha value is -5.41. The van der Waals surface area contributed by atoms with Crippen LogP contribution in [0.4, 0.5) is 0 Å². The Balaban J connectivity index is 1.26. The summed E-state index contributed by atoms with van der Waals surface area (Å²) >= 11 is 0. The van der Waals surface area contributed by atoms with Crippen molar-refractivity contribution in [3.05, 3.63) is 180 Å². The van der Waals surface area contributed by atoms with Crippen molar-refractivity contribution in [1.29, 1.82) is 0 Å². The first kappa shape index (κ1) is 26.2. The van der Waals surface area contributed by atoms with Crippen molar-refractivity contribution in [3.63, 3.8) is 0 Å². The van der Waals surface area contributed by atoms with E-state index >= 15 is 0 Å². The van der Waals surface area contributed by atoms with Crippen molar-refractivity contribution in [3.8, 4) is 33.9 Å². The van der Waals surface area contributed by atoms with Crippen LogP contribution in [0.25, 0.3) is 39.5 Å². The van der Waals surface area contributed by atoms with Gasteiger partial charge in [0.1, 0.15) is 6.33 Å². The van der Waals surface area contributed by atoms with E-state index in [1.807, 2.05) is 0 Å². The summed E-state index contributed by atoms with van der Waals surface area (Å²) in [5.74, 6) is 1.37. The minimum atomic E-state index is -0.320. The molecule has 0 atom stereocenters. The quantitative estimate of drug-likeness (QED) is 0.209. The van der Waals surface area contributed by atoms with Crippen LogP contribution in [-0.4, -0.2) is 15.0 Å². The van der Waals surface area contributed by atoms with Gasteiger partial charge in [0.25, 0.3) is 0 Å². The van der Waals surface area contributed by atoms with Crippen LogP contribution in [-0.2, 0) is 11.8 Å². The van der Waals surface area contributed by atoms with Gasteiger partial charge in [0.15, 0.2) is 11.6 Å². The third-order valence-corrected chi connectivity index (χ3v) is 9.08. The van der Waals surface area contributed by atoms with Gasteiger partial charge in [-0.25, -0.2) is 15.0 Å². The number of rotatable bonds is 5. The zero-order chi connectivity index (χ0) is 29.3. The summed E-state index contributed by atoms with van der Waals surface area (Å²) in [6.45, 7) is 0. The monoisotopic (exact) mass is 565 g/mol. The molecule has 0 fully saturated rings. The zero-order valence-electron chi connectivity index (χ0n) is 24.4. The molecule has 1 aromatic heterocycles. The van der Waals surface area contributed by atoms with E-state index in [9.17, 15) is 0 Å². The molecule has 0 spiro atoms. The maximum absolute atomic E-state index is 5.04. The lowest BCUT2D eigenvalue weighted by atomic mass is 9.60. The molecule has 2 aliphatic carbocycles. The number of nitrogens with zero attached hydrogens (tertiary/aromatic N) is 3. The maximum Gasteiger partial charge on any atom is 0.164 e. The van der Waals surface area contributed by atoms with Gasteiger partial charge in [0.2, 0.25) is 0 Å². The van der Waals surface area contributed by atoms with Crippen molar-refractivity contribution >= 4 is 5.57 Å². The summed E-state index contributed by atoms with van der Waals surface area (Å²) in [5, 5.41) is 0. The van der Waals surface area contributed by atoms with Crippen LogP contribution in [0.3, 0.4) is 0 Å². The third-order valence-electron chi connectivity index (χ3n) is 9.08.